The van der Waals surface area contributed by atoms with Crippen molar-refractivity contribution in [1.29, 1.82) is 0 Å². The Bertz CT molecular complexity index is 1200. The van der Waals surface area contributed by atoms with E-state index in [-0.39, 0.29) is 49.4 Å². The summed E-state index contributed by atoms with van der Waals surface area (Å²) in [6.07, 6.45) is 11.8. The molecule has 1 amide bonds. The monoisotopic (exact) mass is 693 g/mol. The Hall–Kier alpha value is -0.580. The zero-order valence-electron chi connectivity index (χ0n) is 31.4. The highest BCUT2D eigenvalue weighted by atomic mass is 32.1. The van der Waals surface area contributed by atoms with Crippen LogP contribution in [0.25, 0.3) is 0 Å². The highest BCUT2D eigenvalue weighted by Gasteiger charge is 2.80. The molecule has 1 N–H and O–H groups in total. The zero-order valence-corrected chi connectivity index (χ0v) is 32.4. The molecule has 8 nitrogen and oxygen atoms in total. The lowest BCUT2D eigenvalue weighted by Crippen LogP contribution is -2.56. The van der Waals surface area contributed by atoms with Crippen LogP contribution in [0, 0.1) is 45.3 Å². The molecule has 7 unspecified atom stereocenters. The first-order valence-corrected chi connectivity index (χ1v) is 19.2. The van der Waals surface area contributed by atoms with E-state index < -0.39 is 17.5 Å². The van der Waals surface area contributed by atoms with Gasteiger partial charge in [0.05, 0.1) is 37.1 Å². The number of aliphatic hydroxyl groups is 1. The molecule has 5 saturated carbocycles. The van der Waals surface area contributed by atoms with E-state index in [4.69, 9.17) is 23.7 Å². The number of fused-ring (bicyclic) bond motifs is 4. The van der Waals surface area contributed by atoms with Gasteiger partial charge in [0.25, 0.3) is 0 Å². The molecule has 2 aliphatic heterocycles. The van der Waals surface area contributed by atoms with Gasteiger partial charge < -0.3 is 33.7 Å². The minimum absolute atomic E-state index is 0. The summed E-state index contributed by atoms with van der Waals surface area (Å²) in [6, 6.07) is 0. The maximum Gasteiger partial charge on any atom is 0.410 e. The average molecular weight is 694 g/mol. The van der Waals surface area contributed by atoms with Crippen LogP contribution in [0.4, 0.5) is 4.79 Å². The summed E-state index contributed by atoms with van der Waals surface area (Å²) < 4.78 is 31.6. The molecule has 2 heterocycles. The summed E-state index contributed by atoms with van der Waals surface area (Å²) >= 11 is 0. The Morgan fingerprint density at radius 3 is 2.38 bits per heavy atom. The van der Waals surface area contributed by atoms with Crippen LogP contribution in [0.2, 0.25) is 0 Å². The van der Waals surface area contributed by atoms with Gasteiger partial charge in [-0.05, 0) is 151 Å². The summed E-state index contributed by atoms with van der Waals surface area (Å²) in [4.78, 5) is 14.6. The van der Waals surface area contributed by atoms with Gasteiger partial charge in [-0.2, -0.15) is 13.5 Å². The first-order valence-electron chi connectivity index (χ1n) is 19.2. The van der Waals surface area contributed by atoms with Crippen LogP contribution < -0.4 is 0 Å². The standard InChI is InChI=1S/C39H65NO7.H2S/c1-10-43-32(36(7,8)42)27-13-11-25-28(45-27)21-26-24-12-14-29-35(5,6)30(15-16-39(29)23-38(24,39)18-17-37(25,26)9)46-31-22-40(19-20-44-31)33(41)47-34(2,3)4;/h24-32,42H,10-23H2,1-9H3;1H2/t24?,25?,26?,27?,28?,29?,30-,31?,32-,37+,38-,39+;/m0./s1. The van der Waals surface area contributed by atoms with Gasteiger partial charge in [-0.3, -0.25) is 0 Å². The molecule has 7 rings (SSSR count). The Balaban J connectivity index is 0.00000401. The fraction of sp³-hybridized carbons (Fsp3) is 0.974. The smallest absolute Gasteiger partial charge is 0.410 e. The van der Waals surface area contributed by atoms with Gasteiger partial charge in [0.2, 0.25) is 0 Å². The second-order valence-electron chi connectivity index (χ2n) is 19.2. The summed E-state index contributed by atoms with van der Waals surface area (Å²) in [5.41, 5.74) is -0.110. The predicted octanol–water partition coefficient (Wildman–Crippen LogP) is 7.46. The van der Waals surface area contributed by atoms with Crippen LogP contribution in [-0.4, -0.2) is 84.3 Å². The first-order chi connectivity index (χ1) is 22.0. The lowest BCUT2D eigenvalue weighted by atomic mass is 9.46. The number of amides is 1. The SMILES string of the molecule is CCO[C@@H](C1CCC2C(CC3C4CCC5C(C)(C)[C@@H](OC6CN(C(=O)OC(C)(C)C)CCO6)CC[C@@]56C[C@@]46CC[C@]23C)O1)C(C)(C)O.S. The van der Waals surface area contributed by atoms with Crippen LogP contribution in [0.15, 0.2) is 0 Å². The topological polar surface area (TPSA) is 86.7 Å². The maximum absolute atomic E-state index is 12.8. The van der Waals surface area contributed by atoms with E-state index in [1.807, 2.05) is 41.5 Å². The van der Waals surface area contributed by atoms with Gasteiger partial charge >= 0.3 is 6.09 Å². The van der Waals surface area contributed by atoms with Gasteiger partial charge in [-0.1, -0.05) is 20.8 Å². The van der Waals surface area contributed by atoms with Crippen LogP contribution in [-0.2, 0) is 23.7 Å². The third-order valence-electron chi connectivity index (χ3n) is 14.9. The Labute approximate surface area is 297 Å². The van der Waals surface area contributed by atoms with Crippen molar-refractivity contribution in [3.63, 3.8) is 0 Å². The molecule has 0 aromatic rings. The van der Waals surface area contributed by atoms with Crippen molar-refractivity contribution < 1.29 is 33.6 Å². The minimum Gasteiger partial charge on any atom is -0.444 e. The second-order valence-corrected chi connectivity index (χ2v) is 19.2. The Morgan fingerprint density at radius 1 is 0.958 bits per heavy atom. The molecule has 0 radical (unpaired) electrons. The fourth-order valence-corrected chi connectivity index (χ4v) is 13.0. The molecule has 0 bridgehead atoms. The number of carbonyl (C=O) groups excluding carboxylic acids is 1. The highest BCUT2D eigenvalue weighted by Crippen LogP contribution is 2.87. The second kappa shape index (κ2) is 12.5. The Kier molecular flexibility index (Phi) is 9.71. The third kappa shape index (κ3) is 5.88. The molecule has 9 heteroatoms. The van der Waals surface area contributed by atoms with Crippen molar-refractivity contribution in [3.8, 4) is 0 Å². The van der Waals surface area contributed by atoms with Crippen molar-refractivity contribution in [1.82, 2.24) is 4.90 Å². The van der Waals surface area contributed by atoms with E-state index in [1.54, 1.807) is 4.90 Å². The van der Waals surface area contributed by atoms with Crippen LogP contribution in [0.3, 0.4) is 0 Å². The van der Waals surface area contributed by atoms with E-state index in [1.165, 1.54) is 51.4 Å². The predicted molar refractivity (Wildman–Crippen MR) is 190 cm³/mol. The average Bonchev–Trinajstić information content (AvgIpc) is 3.56. The maximum atomic E-state index is 12.8. The summed E-state index contributed by atoms with van der Waals surface area (Å²) in [5.74, 6) is 2.79. The van der Waals surface area contributed by atoms with Crippen LogP contribution in [0.5, 0.6) is 0 Å². The highest BCUT2D eigenvalue weighted by molar-refractivity contribution is 7.59. The minimum atomic E-state index is -0.915. The number of morpholine rings is 1. The van der Waals surface area contributed by atoms with Gasteiger partial charge in [0.1, 0.15) is 11.7 Å². The zero-order chi connectivity index (χ0) is 33.8. The lowest BCUT2D eigenvalue weighted by molar-refractivity contribution is -0.243. The molecule has 0 aromatic heterocycles. The Morgan fingerprint density at radius 2 is 1.69 bits per heavy atom. The van der Waals surface area contributed by atoms with Gasteiger partial charge in [0, 0.05) is 13.2 Å². The normalized spacial score (nSPS) is 45.3. The van der Waals surface area contributed by atoms with Gasteiger partial charge in [0.15, 0.2) is 6.29 Å². The number of hydrogen-bond acceptors (Lipinski definition) is 7. The van der Waals surface area contributed by atoms with Crippen molar-refractivity contribution in [2.75, 3.05) is 26.3 Å². The van der Waals surface area contributed by atoms with Crippen molar-refractivity contribution in [3.05, 3.63) is 0 Å². The van der Waals surface area contributed by atoms with E-state index in [0.29, 0.717) is 54.4 Å². The van der Waals surface area contributed by atoms with E-state index in [2.05, 4.69) is 20.8 Å². The van der Waals surface area contributed by atoms with Crippen molar-refractivity contribution >= 4 is 19.6 Å². The summed E-state index contributed by atoms with van der Waals surface area (Å²) in [6.45, 7) is 21.1. The van der Waals surface area contributed by atoms with E-state index in [0.717, 1.165) is 24.7 Å². The lowest BCUT2D eigenvalue weighted by Gasteiger charge is -2.60. The molecule has 276 valence electrons. The molecule has 5 aliphatic carbocycles. The molecule has 48 heavy (non-hydrogen) atoms. The van der Waals surface area contributed by atoms with E-state index in [9.17, 15) is 9.90 Å². The number of rotatable bonds is 6. The van der Waals surface area contributed by atoms with Crippen LogP contribution in [0.1, 0.15) is 127 Å². The molecular formula is C39H67NO7S. The number of carbonyl (C=O) groups is 1. The van der Waals surface area contributed by atoms with Crippen molar-refractivity contribution in [2.24, 2.45) is 45.3 Å². The molecular weight excluding hydrogens is 626 g/mol. The summed E-state index contributed by atoms with van der Waals surface area (Å²) in [7, 11) is 0. The van der Waals surface area contributed by atoms with Crippen LogP contribution >= 0.6 is 13.5 Å². The van der Waals surface area contributed by atoms with Gasteiger partial charge in [-0.25, -0.2) is 4.79 Å². The van der Waals surface area contributed by atoms with E-state index >= 15 is 0 Å². The largest absolute Gasteiger partial charge is 0.444 e. The van der Waals surface area contributed by atoms with Gasteiger partial charge in [-0.15, -0.1) is 0 Å². The fourth-order valence-electron chi connectivity index (χ4n) is 13.0. The molecule has 2 saturated heterocycles. The summed E-state index contributed by atoms with van der Waals surface area (Å²) in [5, 5.41) is 10.9. The van der Waals surface area contributed by atoms with Crippen molar-refractivity contribution in [2.45, 2.75) is 168 Å². The molecule has 7 aliphatic rings. The molecule has 12 atom stereocenters. The molecule has 0 aromatic carbocycles. The number of ether oxygens (including phenoxy) is 5. The first kappa shape index (κ1) is 37.2. The third-order valence-corrected chi connectivity index (χ3v) is 14.9. The molecule has 7 fully saturated rings. The quantitative estimate of drug-likeness (QED) is 0.309. The molecule has 2 spiro atoms. The number of nitrogens with zero attached hydrogens (tertiary/aromatic N) is 1. The number of hydrogen-bond donors (Lipinski definition) is 1.